The van der Waals surface area contributed by atoms with Gasteiger partial charge >= 0.3 is 5.69 Å². The molecule has 2 aromatic heterocycles. The van der Waals surface area contributed by atoms with Crippen LogP contribution >= 0.6 is 0 Å². The fourth-order valence-corrected chi connectivity index (χ4v) is 2.39. The van der Waals surface area contributed by atoms with E-state index in [1.165, 1.54) is 10.9 Å². The number of nitro groups is 1. The van der Waals surface area contributed by atoms with Crippen LogP contribution in [-0.2, 0) is 18.4 Å². The molecule has 0 saturated carbocycles. The fourth-order valence-electron chi connectivity index (χ4n) is 2.39. The molecule has 25 heavy (non-hydrogen) atoms. The van der Waals surface area contributed by atoms with Crippen molar-refractivity contribution in [2.24, 2.45) is 7.05 Å². The van der Waals surface area contributed by atoms with E-state index < -0.39 is 4.92 Å². The highest BCUT2D eigenvalue weighted by atomic mass is 16.6. The van der Waals surface area contributed by atoms with Gasteiger partial charge in [0.1, 0.15) is 18.1 Å². The Labute approximate surface area is 143 Å². The smallest absolute Gasteiger partial charge is 0.306 e. The Morgan fingerprint density at radius 3 is 2.72 bits per heavy atom. The van der Waals surface area contributed by atoms with E-state index in [2.05, 4.69) is 15.5 Å². The Kier molecular flexibility index (Phi) is 4.55. The molecule has 3 aromatic rings. The van der Waals surface area contributed by atoms with Crippen molar-refractivity contribution in [3.63, 3.8) is 0 Å². The van der Waals surface area contributed by atoms with Gasteiger partial charge in [-0.25, -0.2) is 0 Å². The van der Waals surface area contributed by atoms with E-state index in [4.69, 9.17) is 0 Å². The summed E-state index contributed by atoms with van der Waals surface area (Å²) in [5.74, 6) is -0.219. The minimum atomic E-state index is -0.522. The lowest BCUT2D eigenvalue weighted by Crippen LogP contribution is -2.14. The Morgan fingerprint density at radius 1 is 1.28 bits per heavy atom. The fraction of sp³-hybridized carbons (Fsp3) is 0.188. The van der Waals surface area contributed by atoms with Crippen LogP contribution in [0.2, 0.25) is 0 Å². The summed E-state index contributed by atoms with van der Waals surface area (Å²) in [7, 11) is 1.78. The molecule has 0 bridgehead atoms. The van der Waals surface area contributed by atoms with Crippen LogP contribution in [0.25, 0.3) is 11.3 Å². The summed E-state index contributed by atoms with van der Waals surface area (Å²) < 4.78 is 3.01. The maximum atomic E-state index is 12.2. The molecule has 128 valence electrons. The molecule has 3 rings (SSSR count). The number of nitrogens with zero attached hydrogens (tertiary/aromatic N) is 5. The van der Waals surface area contributed by atoms with E-state index in [9.17, 15) is 14.9 Å². The van der Waals surface area contributed by atoms with Crippen LogP contribution in [0.4, 0.5) is 11.4 Å². The van der Waals surface area contributed by atoms with E-state index in [-0.39, 0.29) is 24.6 Å². The zero-order chi connectivity index (χ0) is 17.8. The first kappa shape index (κ1) is 16.4. The van der Waals surface area contributed by atoms with Crippen LogP contribution in [0, 0.1) is 10.1 Å². The Balaban J connectivity index is 1.66. The van der Waals surface area contributed by atoms with Crippen molar-refractivity contribution in [3.8, 4) is 11.3 Å². The number of aryl methyl sites for hydroxylation is 2. The number of rotatable bonds is 6. The van der Waals surface area contributed by atoms with Crippen LogP contribution < -0.4 is 5.32 Å². The third-order valence-electron chi connectivity index (χ3n) is 3.55. The molecular formula is C16H16N6O3. The summed E-state index contributed by atoms with van der Waals surface area (Å²) in [5.41, 5.74) is 2.11. The van der Waals surface area contributed by atoms with Gasteiger partial charge in [-0.15, -0.1) is 0 Å². The minimum absolute atomic E-state index is 0.0981. The maximum Gasteiger partial charge on any atom is 0.306 e. The summed E-state index contributed by atoms with van der Waals surface area (Å²) in [6, 6.07) is 9.55. The predicted octanol–water partition coefficient (Wildman–Crippen LogP) is 2.22. The number of carbonyl (C=O) groups is 1. The molecule has 9 nitrogen and oxygen atoms in total. The average Bonchev–Trinajstić information content (AvgIpc) is 3.20. The van der Waals surface area contributed by atoms with Crippen LogP contribution in [0.5, 0.6) is 0 Å². The number of carbonyl (C=O) groups excluding carboxylic acids is 1. The molecule has 1 aromatic carbocycles. The molecule has 1 N–H and O–H groups in total. The number of aromatic nitrogens is 4. The molecule has 0 aliphatic heterocycles. The second kappa shape index (κ2) is 6.95. The first-order valence-electron chi connectivity index (χ1n) is 7.58. The predicted molar refractivity (Wildman–Crippen MR) is 90.8 cm³/mol. The molecule has 0 aliphatic carbocycles. The zero-order valence-electron chi connectivity index (χ0n) is 13.5. The molecule has 0 saturated heterocycles. The van der Waals surface area contributed by atoms with E-state index in [0.29, 0.717) is 11.4 Å². The highest BCUT2D eigenvalue weighted by molar-refractivity contribution is 5.94. The highest BCUT2D eigenvalue weighted by Gasteiger charge is 2.14. The number of amides is 1. The molecular weight excluding hydrogens is 324 g/mol. The van der Waals surface area contributed by atoms with Crippen molar-refractivity contribution in [1.82, 2.24) is 19.6 Å². The molecule has 9 heteroatoms. The number of nitrogens with one attached hydrogen (secondary N) is 1. The summed E-state index contributed by atoms with van der Waals surface area (Å²) in [4.78, 5) is 22.3. The average molecular weight is 340 g/mol. The Bertz CT molecular complexity index is 900. The van der Waals surface area contributed by atoms with Gasteiger partial charge in [-0.05, 0) is 0 Å². The summed E-state index contributed by atoms with van der Waals surface area (Å²) in [6.07, 6.45) is 4.33. The lowest BCUT2D eigenvalue weighted by atomic mass is 10.1. The maximum absolute atomic E-state index is 12.2. The Morgan fingerprint density at radius 2 is 2.04 bits per heavy atom. The van der Waals surface area contributed by atoms with Crippen molar-refractivity contribution < 1.29 is 9.72 Å². The normalized spacial score (nSPS) is 10.6. The van der Waals surface area contributed by atoms with Gasteiger partial charge in [0, 0.05) is 31.8 Å². The van der Waals surface area contributed by atoms with Gasteiger partial charge < -0.3 is 5.32 Å². The number of benzene rings is 1. The van der Waals surface area contributed by atoms with E-state index in [1.807, 2.05) is 30.3 Å². The van der Waals surface area contributed by atoms with E-state index >= 15 is 0 Å². The van der Waals surface area contributed by atoms with Crippen LogP contribution in [0.1, 0.15) is 6.42 Å². The second-order valence-corrected chi connectivity index (χ2v) is 5.45. The standard InChI is InChI=1S/C16H16N6O3/c1-20-11-14(16(19-20)12-5-3-2-4-6-12)18-15(23)7-8-21-10-13(9-17-21)22(24)25/h2-6,9-11H,7-8H2,1H3,(H,18,23). The van der Waals surface area contributed by atoms with Gasteiger partial charge in [-0.2, -0.15) is 10.2 Å². The van der Waals surface area contributed by atoms with Crippen molar-refractivity contribution in [1.29, 1.82) is 0 Å². The van der Waals surface area contributed by atoms with Gasteiger partial charge in [-0.3, -0.25) is 24.3 Å². The first-order valence-corrected chi connectivity index (χ1v) is 7.58. The lowest BCUT2D eigenvalue weighted by molar-refractivity contribution is -0.385. The number of hydrogen-bond acceptors (Lipinski definition) is 5. The molecule has 0 unspecified atom stereocenters. The van der Waals surface area contributed by atoms with Gasteiger partial charge in [0.25, 0.3) is 0 Å². The largest absolute Gasteiger partial charge is 0.323 e. The third-order valence-corrected chi connectivity index (χ3v) is 3.55. The lowest BCUT2D eigenvalue weighted by Gasteiger charge is -2.05. The Hall–Kier alpha value is -3.49. The molecule has 0 spiro atoms. The highest BCUT2D eigenvalue weighted by Crippen LogP contribution is 2.26. The zero-order valence-corrected chi connectivity index (χ0v) is 13.5. The van der Waals surface area contributed by atoms with Crippen LogP contribution in [0.15, 0.2) is 48.9 Å². The number of hydrogen-bond donors (Lipinski definition) is 1. The van der Waals surface area contributed by atoms with Gasteiger partial charge in [-0.1, -0.05) is 30.3 Å². The SMILES string of the molecule is Cn1cc(NC(=O)CCn2cc([N+](=O)[O-])cn2)c(-c2ccccc2)n1. The molecule has 0 fully saturated rings. The summed E-state index contributed by atoms with van der Waals surface area (Å²) in [5, 5.41) is 21.7. The van der Waals surface area contributed by atoms with Crippen molar-refractivity contribution >= 4 is 17.3 Å². The van der Waals surface area contributed by atoms with Crippen LogP contribution in [-0.4, -0.2) is 30.4 Å². The molecule has 0 aliphatic rings. The summed E-state index contributed by atoms with van der Waals surface area (Å²) >= 11 is 0. The topological polar surface area (TPSA) is 108 Å². The molecule has 0 atom stereocenters. The first-order chi connectivity index (χ1) is 12.0. The third kappa shape index (κ3) is 3.89. The number of anilines is 1. The van der Waals surface area contributed by atoms with Gasteiger partial charge in [0.05, 0.1) is 10.6 Å². The van der Waals surface area contributed by atoms with E-state index in [0.717, 1.165) is 11.8 Å². The van der Waals surface area contributed by atoms with Crippen molar-refractivity contribution in [3.05, 3.63) is 59.0 Å². The molecule has 0 radical (unpaired) electrons. The molecule has 1 amide bonds. The van der Waals surface area contributed by atoms with Crippen molar-refractivity contribution in [2.45, 2.75) is 13.0 Å². The minimum Gasteiger partial charge on any atom is -0.323 e. The quantitative estimate of drug-likeness (QED) is 0.547. The van der Waals surface area contributed by atoms with Gasteiger partial charge in [0.15, 0.2) is 0 Å². The van der Waals surface area contributed by atoms with E-state index in [1.54, 1.807) is 17.9 Å². The molecule has 2 heterocycles. The monoisotopic (exact) mass is 340 g/mol. The second-order valence-electron chi connectivity index (χ2n) is 5.45. The van der Waals surface area contributed by atoms with Crippen molar-refractivity contribution in [2.75, 3.05) is 5.32 Å². The van der Waals surface area contributed by atoms with Crippen LogP contribution in [0.3, 0.4) is 0 Å². The summed E-state index contributed by atoms with van der Waals surface area (Å²) in [6.45, 7) is 0.251. The van der Waals surface area contributed by atoms with Gasteiger partial charge in [0.2, 0.25) is 5.91 Å².